The number of H-pyrrole nitrogens is 1. The zero-order valence-corrected chi connectivity index (χ0v) is 31.0. The number of amides is 3. The summed E-state index contributed by atoms with van der Waals surface area (Å²) in [6.07, 6.45) is 6.82. The molecule has 0 aliphatic carbocycles. The minimum Gasteiger partial charge on any atom is -0.377 e. The maximum absolute atomic E-state index is 15.6. The lowest BCUT2D eigenvalue weighted by Crippen LogP contribution is -2.52. The molecule has 1 saturated heterocycles. The van der Waals surface area contributed by atoms with Crippen molar-refractivity contribution in [1.29, 1.82) is 0 Å². The fourth-order valence-electron chi connectivity index (χ4n) is 6.74. The van der Waals surface area contributed by atoms with Crippen molar-refractivity contribution < 1.29 is 27.9 Å². The molecule has 2 aromatic heterocycles. The van der Waals surface area contributed by atoms with Gasteiger partial charge >= 0.3 is 0 Å². The number of aromatic amines is 1. The number of rotatable bonds is 11. The monoisotopic (exact) mass is 748 g/mol. The van der Waals surface area contributed by atoms with Gasteiger partial charge in [0, 0.05) is 61.5 Å². The van der Waals surface area contributed by atoms with Crippen molar-refractivity contribution in [3.05, 3.63) is 82.5 Å². The van der Waals surface area contributed by atoms with Gasteiger partial charge in [-0.25, -0.2) is 13.8 Å². The van der Waals surface area contributed by atoms with E-state index >= 15 is 8.78 Å². The molecule has 2 aromatic carbocycles. The van der Waals surface area contributed by atoms with Crippen LogP contribution in [0, 0.1) is 17.6 Å². The van der Waals surface area contributed by atoms with Crippen LogP contribution in [0.1, 0.15) is 52.9 Å². The summed E-state index contributed by atoms with van der Waals surface area (Å²) in [5, 5.41) is 9.83. The summed E-state index contributed by atoms with van der Waals surface area (Å²) < 4.78 is 38.0. The van der Waals surface area contributed by atoms with Crippen LogP contribution in [0.25, 0.3) is 28.0 Å². The van der Waals surface area contributed by atoms with Crippen molar-refractivity contribution in [2.75, 3.05) is 65.3 Å². The maximum Gasteiger partial charge on any atom is 0.291 e. The molecule has 4 heterocycles. The number of carbonyl (C=O) groups excluding carboxylic acids is 3. The van der Waals surface area contributed by atoms with Crippen molar-refractivity contribution in [1.82, 2.24) is 34.4 Å². The summed E-state index contributed by atoms with van der Waals surface area (Å²) in [6, 6.07) is 7.50. The third kappa shape index (κ3) is 8.04. The summed E-state index contributed by atoms with van der Waals surface area (Å²) in [7, 11) is 5.51. The summed E-state index contributed by atoms with van der Waals surface area (Å²) in [5.41, 5.74) is 2.72. The Balaban J connectivity index is 1.10. The van der Waals surface area contributed by atoms with Gasteiger partial charge in [0.25, 0.3) is 11.8 Å². The predicted octanol–water partition coefficient (Wildman–Crippen LogP) is 5.73. The lowest BCUT2D eigenvalue weighted by atomic mass is 9.97. The zero-order chi connectivity index (χ0) is 37.8. The fourth-order valence-corrected chi connectivity index (χ4v) is 7.00. The van der Waals surface area contributed by atoms with Crippen LogP contribution in [0.2, 0.25) is 5.02 Å². The number of carbonyl (C=O) groups is 3. The Morgan fingerprint density at radius 3 is 2.42 bits per heavy atom. The number of benzene rings is 2. The lowest BCUT2D eigenvalue weighted by Gasteiger charge is -2.36. The molecule has 53 heavy (non-hydrogen) atoms. The van der Waals surface area contributed by atoms with E-state index in [4.69, 9.17) is 16.3 Å². The van der Waals surface area contributed by atoms with Gasteiger partial charge in [0.1, 0.15) is 0 Å². The van der Waals surface area contributed by atoms with Gasteiger partial charge in [0.15, 0.2) is 17.5 Å². The van der Waals surface area contributed by atoms with E-state index in [-0.39, 0.29) is 51.0 Å². The quantitative estimate of drug-likeness (QED) is 0.201. The smallest absolute Gasteiger partial charge is 0.291 e. The number of halogens is 3. The van der Waals surface area contributed by atoms with Crippen molar-refractivity contribution >= 4 is 40.6 Å². The number of imidazole rings is 1. The second kappa shape index (κ2) is 16.4. The van der Waals surface area contributed by atoms with Crippen LogP contribution in [0.5, 0.6) is 0 Å². The number of piperazine rings is 1. The first-order valence-corrected chi connectivity index (χ1v) is 18.0. The summed E-state index contributed by atoms with van der Waals surface area (Å²) >= 11 is 6.54. The second-order valence-electron chi connectivity index (χ2n) is 13.5. The first-order chi connectivity index (χ1) is 25.5. The maximum atomic E-state index is 15.6. The average Bonchev–Trinajstić information content (AvgIpc) is 3.80. The summed E-state index contributed by atoms with van der Waals surface area (Å²) in [5.74, 6) is -3.00. The fraction of sp³-hybridized carbons (Fsp3) is 0.395. The van der Waals surface area contributed by atoms with Crippen molar-refractivity contribution in [3.8, 4) is 22.4 Å². The molecule has 0 saturated carbocycles. The predicted molar refractivity (Wildman–Crippen MR) is 198 cm³/mol. The Labute approximate surface area is 311 Å². The molecule has 15 heteroatoms. The molecule has 280 valence electrons. The van der Waals surface area contributed by atoms with Crippen LogP contribution in [0.4, 0.5) is 14.5 Å². The minimum absolute atomic E-state index is 0.0486. The van der Waals surface area contributed by atoms with Gasteiger partial charge in [0.05, 0.1) is 47.6 Å². The molecule has 2 aliphatic rings. The van der Waals surface area contributed by atoms with Gasteiger partial charge in [-0.3, -0.25) is 19.5 Å². The molecule has 4 aromatic rings. The van der Waals surface area contributed by atoms with E-state index in [0.29, 0.717) is 62.8 Å². The molecule has 1 unspecified atom stereocenters. The molecule has 3 amide bonds. The van der Waals surface area contributed by atoms with Crippen LogP contribution in [0.3, 0.4) is 0 Å². The molecule has 2 N–H and O–H groups in total. The highest BCUT2D eigenvalue weighted by Crippen LogP contribution is 2.36. The molecule has 1 fully saturated rings. The van der Waals surface area contributed by atoms with Gasteiger partial charge in [-0.15, -0.1) is 0 Å². The molecule has 0 radical (unpaired) electrons. The first-order valence-electron chi connectivity index (χ1n) is 17.6. The van der Waals surface area contributed by atoms with Crippen molar-refractivity contribution in [2.45, 2.75) is 26.2 Å². The molecular weight excluding hydrogens is 706 g/mol. The van der Waals surface area contributed by atoms with E-state index < -0.39 is 17.5 Å². The molecule has 6 rings (SSSR count). The highest BCUT2D eigenvalue weighted by Gasteiger charge is 2.30. The number of hydrogen-bond acceptors (Lipinski definition) is 7. The Bertz CT molecular complexity index is 2040. The van der Waals surface area contributed by atoms with Crippen LogP contribution < -0.4 is 5.32 Å². The average molecular weight is 749 g/mol. The third-order valence-electron chi connectivity index (χ3n) is 9.87. The molecule has 0 bridgehead atoms. The van der Waals surface area contributed by atoms with Gasteiger partial charge in [-0.2, -0.15) is 5.10 Å². The topological polar surface area (TPSA) is 129 Å². The van der Waals surface area contributed by atoms with E-state index in [1.807, 2.05) is 32.0 Å². The summed E-state index contributed by atoms with van der Waals surface area (Å²) in [6.45, 7) is 5.47. The Morgan fingerprint density at radius 2 is 1.74 bits per heavy atom. The highest BCUT2D eigenvalue weighted by molar-refractivity contribution is 6.34. The number of nitrogens with one attached hydrogen (secondary N) is 2. The Hall–Kier alpha value is -4.92. The minimum atomic E-state index is -1.09. The number of hydrogen-bond donors (Lipinski definition) is 2. The normalized spacial score (nSPS) is 15.4. The first kappa shape index (κ1) is 37.8. The second-order valence-corrected chi connectivity index (χ2v) is 13.9. The van der Waals surface area contributed by atoms with Crippen molar-refractivity contribution in [2.24, 2.45) is 13.0 Å². The SMILES string of the molecule is CCC(CCN(C)C)C(=O)N1CCN(C(=O)c2ccc(NC(=O)c3ncc(-c4ccc(-c5cn[nH]c5C5=CCOCC5)c(F)c4F)n3C)cc2Cl)CC1. The number of ether oxygens (including phenoxy) is 1. The Kier molecular flexibility index (Phi) is 11.7. The molecular formula is C38H43ClF2N8O4. The highest BCUT2D eigenvalue weighted by atomic mass is 35.5. The van der Waals surface area contributed by atoms with Gasteiger partial charge in [-0.05, 0) is 69.7 Å². The lowest BCUT2D eigenvalue weighted by molar-refractivity contribution is -0.137. The van der Waals surface area contributed by atoms with E-state index in [0.717, 1.165) is 25.0 Å². The van der Waals surface area contributed by atoms with E-state index in [1.165, 1.54) is 42.2 Å². The van der Waals surface area contributed by atoms with Gasteiger partial charge in [-0.1, -0.05) is 30.7 Å². The van der Waals surface area contributed by atoms with Gasteiger partial charge in [0.2, 0.25) is 5.91 Å². The van der Waals surface area contributed by atoms with E-state index in [2.05, 4.69) is 25.4 Å². The van der Waals surface area contributed by atoms with Gasteiger partial charge < -0.3 is 29.3 Å². The summed E-state index contributed by atoms with van der Waals surface area (Å²) in [4.78, 5) is 49.6. The third-order valence-corrected chi connectivity index (χ3v) is 10.2. The standard InChI is InChI=1S/C38H43ClF2N8O4/c1-5-23(10-13-46(2)3)37(51)48-14-16-49(17-15-48)38(52)27-7-6-25(20-30(27)39)44-36(50)35-42-22-31(47(35)4)28-9-8-26(32(40)33(28)41)29-21-43-45-34(29)24-11-18-53-19-12-24/h6-9,11,20-23H,5,10,12-19H2,1-4H3,(H,43,45)(H,44,50). The number of nitrogens with zero attached hydrogens (tertiary/aromatic N) is 6. The molecule has 12 nitrogen and oxygen atoms in total. The molecule has 1 atom stereocenters. The van der Waals surface area contributed by atoms with E-state index in [9.17, 15) is 14.4 Å². The van der Waals surface area contributed by atoms with Crippen molar-refractivity contribution in [3.63, 3.8) is 0 Å². The number of aromatic nitrogens is 4. The van der Waals surface area contributed by atoms with Crippen LogP contribution in [-0.2, 0) is 16.6 Å². The van der Waals surface area contributed by atoms with Crippen LogP contribution in [0.15, 0.2) is 48.8 Å². The number of anilines is 1. The zero-order valence-electron chi connectivity index (χ0n) is 30.2. The molecule has 0 spiro atoms. The Morgan fingerprint density at radius 1 is 1.02 bits per heavy atom. The largest absolute Gasteiger partial charge is 0.377 e. The van der Waals surface area contributed by atoms with Crippen LogP contribution in [-0.4, -0.2) is 112 Å². The van der Waals surface area contributed by atoms with Crippen LogP contribution >= 0.6 is 11.6 Å². The van der Waals surface area contributed by atoms with E-state index in [1.54, 1.807) is 17.0 Å². The molecule has 2 aliphatic heterocycles.